The number of hydrogen-bond donors (Lipinski definition) is 1. The summed E-state index contributed by atoms with van der Waals surface area (Å²) >= 11 is 8.88. The van der Waals surface area contributed by atoms with Gasteiger partial charge in [-0.2, -0.15) is 0 Å². The molecule has 0 radical (unpaired) electrons. The molecule has 0 saturated heterocycles. The fourth-order valence-electron chi connectivity index (χ4n) is 1.96. The van der Waals surface area contributed by atoms with Crippen molar-refractivity contribution in [2.24, 2.45) is 5.41 Å². The van der Waals surface area contributed by atoms with E-state index in [2.05, 4.69) is 37.1 Å². The van der Waals surface area contributed by atoms with Crippen molar-refractivity contribution in [2.75, 3.05) is 5.75 Å². The van der Waals surface area contributed by atoms with Gasteiger partial charge in [0.2, 0.25) is 5.91 Å². The van der Waals surface area contributed by atoms with E-state index in [0.717, 1.165) is 5.03 Å². The number of carbonyl (C=O) groups excluding carboxylic acids is 1. The summed E-state index contributed by atoms with van der Waals surface area (Å²) in [4.78, 5) is 17.6. The van der Waals surface area contributed by atoms with Gasteiger partial charge in [0.05, 0.1) is 21.8 Å². The van der Waals surface area contributed by atoms with Crippen LogP contribution in [0.3, 0.4) is 0 Å². The van der Waals surface area contributed by atoms with Gasteiger partial charge in [0.1, 0.15) is 0 Å². The third-order valence-electron chi connectivity index (χ3n) is 3.05. The van der Waals surface area contributed by atoms with Gasteiger partial charge in [-0.05, 0) is 29.0 Å². The first-order valence-electron chi connectivity index (χ1n) is 6.93. The number of amides is 1. The van der Waals surface area contributed by atoms with Gasteiger partial charge in [0.15, 0.2) is 0 Å². The molecule has 0 spiro atoms. The molecule has 0 aromatic carbocycles. The lowest BCUT2D eigenvalue weighted by atomic mass is 9.86. The minimum Gasteiger partial charge on any atom is -0.347 e. The third kappa shape index (κ3) is 5.00. The number of thioether (sulfide) groups is 1. The lowest BCUT2D eigenvalue weighted by Crippen LogP contribution is -2.37. The van der Waals surface area contributed by atoms with E-state index in [1.165, 1.54) is 16.6 Å². The Labute approximate surface area is 144 Å². The van der Waals surface area contributed by atoms with Crippen molar-refractivity contribution in [1.29, 1.82) is 0 Å². The molecule has 0 saturated carbocycles. The van der Waals surface area contributed by atoms with Crippen LogP contribution in [0.15, 0.2) is 40.9 Å². The second kappa shape index (κ2) is 7.49. The Balaban J connectivity index is 1.95. The lowest BCUT2D eigenvalue weighted by Gasteiger charge is -2.30. The van der Waals surface area contributed by atoms with Crippen LogP contribution in [0.1, 0.15) is 31.7 Å². The van der Waals surface area contributed by atoms with Crippen LogP contribution in [0.5, 0.6) is 0 Å². The van der Waals surface area contributed by atoms with Gasteiger partial charge in [-0.15, -0.1) is 11.3 Å². The van der Waals surface area contributed by atoms with E-state index in [9.17, 15) is 4.79 Å². The van der Waals surface area contributed by atoms with Crippen molar-refractivity contribution in [3.63, 3.8) is 0 Å². The number of rotatable bonds is 5. The first-order valence-corrected chi connectivity index (χ1v) is 9.18. The minimum absolute atomic E-state index is 0.00933. The molecule has 3 nitrogen and oxygen atoms in total. The maximum absolute atomic E-state index is 12.3. The summed E-state index contributed by atoms with van der Waals surface area (Å²) in [6, 6.07) is 7.68. The van der Waals surface area contributed by atoms with Crippen molar-refractivity contribution >= 4 is 40.6 Å². The monoisotopic (exact) mass is 354 g/mol. The molecule has 0 fully saturated rings. The number of nitrogens with one attached hydrogen (secondary N) is 1. The van der Waals surface area contributed by atoms with Crippen LogP contribution in [-0.2, 0) is 4.79 Å². The zero-order chi connectivity index (χ0) is 16.2. The number of thiophene rings is 1. The molecular weight excluding hydrogens is 336 g/mol. The predicted octanol–water partition coefficient (Wildman–Crippen LogP) is 4.79. The molecule has 6 heteroatoms. The molecular formula is C16H19ClN2OS2. The molecule has 2 aromatic heterocycles. The van der Waals surface area contributed by atoms with Crippen molar-refractivity contribution in [3.8, 4) is 0 Å². The van der Waals surface area contributed by atoms with E-state index in [0.29, 0.717) is 10.8 Å². The summed E-state index contributed by atoms with van der Waals surface area (Å²) < 4.78 is 0. The Hall–Kier alpha value is -1.04. The van der Waals surface area contributed by atoms with Gasteiger partial charge in [-0.1, -0.05) is 50.2 Å². The molecule has 2 heterocycles. The van der Waals surface area contributed by atoms with E-state index in [1.54, 1.807) is 23.6 Å². The van der Waals surface area contributed by atoms with E-state index < -0.39 is 0 Å². The average molecular weight is 355 g/mol. The van der Waals surface area contributed by atoms with Gasteiger partial charge >= 0.3 is 0 Å². The van der Waals surface area contributed by atoms with E-state index >= 15 is 0 Å². The molecule has 118 valence electrons. The zero-order valence-electron chi connectivity index (χ0n) is 12.8. The number of hydrogen-bond acceptors (Lipinski definition) is 4. The third-order valence-corrected chi connectivity index (χ3v) is 5.15. The molecule has 1 N–H and O–H groups in total. The van der Waals surface area contributed by atoms with E-state index in [4.69, 9.17) is 11.6 Å². The molecule has 2 aromatic rings. The zero-order valence-corrected chi connectivity index (χ0v) is 15.2. The van der Waals surface area contributed by atoms with E-state index in [-0.39, 0.29) is 17.4 Å². The number of pyridine rings is 1. The summed E-state index contributed by atoms with van der Waals surface area (Å²) in [6.07, 6.45) is 1.59. The molecule has 22 heavy (non-hydrogen) atoms. The summed E-state index contributed by atoms with van der Waals surface area (Å²) in [7, 11) is 0. The molecule has 0 bridgehead atoms. The number of carbonyl (C=O) groups is 1. The highest BCUT2D eigenvalue weighted by atomic mass is 35.5. The highest BCUT2D eigenvalue weighted by molar-refractivity contribution is 7.99. The largest absolute Gasteiger partial charge is 0.347 e. The number of aromatic nitrogens is 1. The SMILES string of the molecule is CC(C)(C)C(NC(=O)CSc1ccc(Cl)cn1)c1cccs1. The average Bonchev–Trinajstić information content (AvgIpc) is 2.96. The Bertz CT molecular complexity index is 606. The van der Waals surface area contributed by atoms with Crippen LogP contribution in [0.4, 0.5) is 0 Å². The smallest absolute Gasteiger partial charge is 0.230 e. The fraction of sp³-hybridized carbons (Fsp3) is 0.375. The van der Waals surface area contributed by atoms with Crippen molar-refractivity contribution in [3.05, 3.63) is 45.7 Å². The van der Waals surface area contributed by atoms with Gasteiger partial charge in [0, 0.05) is 11.1 Å². The van der Waals surface area contributed by atoms with Gasteiger partial charge in [-0.3, -0.25) is 4.79 Å². The highest BCUT2D eigenvalue weighted by Crippen LogP contribution is 2.35. The Kier molecular flexibility index (Phi) is 5.89. The summed E-state index contributed by atoms with van der Waals surface area (Å²) in [5.74, 6) is 0.349. The molecule has 0 aliphatic carbocycles. The van der Waals surface area contributed by atoms with Crippen LogP contribution in [0.2, 0.25) is 5.02 Å². The lowest BCUT2D eigenvalue weighted by molar-refractivity contribution is -0.120. The second-order valence-corrected chi connectivity index (χ2v) is 8.40. The fourth-order valence-corrected chi connectivity index (χ4v) is 3.75. The minimum atomic E-state index is -0.0380. The second-order valence-electron chi connectivity index (χ2n) is 5.99. The van der Waals surface area contributed by atoms with Crippen molar-refractivity contribution < 1.29 is 4.79 Å². The quantitative estimate of drug-likeness (QED) is 0.785. The first kappa shape index (κ1) is 17.3. The van der Waals surface area contributed by atoms with Gasteiger partial charge < -0.3 is 5.32 Å². The van der Waals surface area contributed by atoms with Crippen LogP contribution in [-0.4, -0.2) is 16.6 Å². The summed E-state index contributed by atoms with van der Waals surface area (Å²) in [6.45, 7) is 6.39. The van der Waals surface area contributed by atoms with Crippen LogP contribution >= 0.6 is 34.7 Å². The summed E-state index contributed by atoms with van der Waals surface area (Å²) in [5, 5.41) is 6.56. The topological polar surface area (TPSA) is 42.0 Å². The Morgan fingerprint density at radius 3 is 2.73 bits per heavy atom. The van der Waals surface area contributed by atoms with Crippen molar-refractivity contribution in [1.82, 2.24) is 10.3 Å². The van der Waals surface area contributed by atoms with Gasteiger partial charge in [0.25, 0.3) is 0 Å². The number of halogens is 1. The molecule has 0 aliphatic rings. The normalized spacial score (nSPS) is 12.9. The van der Waals surface area contributed by atoms with Crippen molar-refractivity contribution in [2.45, 2.75) is 31.8 Å². The highest BCUT2D eigenvalue weighted by Gasteiger charge is 2.28. The maximum Gasteiger partial charge on any atom is 0.230 e. The Morgan fingerprint density at radius 1 is 1.41 bits per heavy atom. The van der Waals surface area contributed by atoms with E-state index in [1.807, 2.05) is 17.5 Å². The first-order chi connectivity index (χ1) is 10.4. The summed E-state index contributed by atoms with van der Waals surface area (Å²) in [5.41, 5.74) is -0.0380. The molecule has 0 aliphatic heterocycles. The van der Waals surface area contributed by atoms with Crippen LogP contribution in [0, 0.1) is 5.41 Å². The maximum atomic E-state index is 12.3. The molecule has 1 atom stereocenters. The standard InChI is InChI=1S/C16H19ClN2OS2/c1-16(2,3)15(12-5-4-8-21-12)19-13(20)10-22-14-7-6-11(17)9-18-14/h4-9,15H,10H2,1-3H3,(H,19,20). The molecule has 1 amide bonds. The number of nitrogens with zero attached hydrogens (tertiary/aromatic N) is 1. The Morgan fingerprint density at radius 2 is 2.18 bits per heavy atom. The molecule has 1 unspecified atom stereocenters. The van der Waals surface area contributed by atoms with Gasteiger partial charge in [-0.25, -0.2) is 4.98 Å². The predicted molar refractivity (Wildman–Crippen MR) is 94.6 cm³/mol. The van der Waals surface area contributed by atoms with Crippen LogP contribution < -0.4 is 5.32 Å². The molecule has 2 rings (SSSR count). The van der Waals surface area contributed by atoms with Crippen LogP contribution in [0.25, 0.3) is 0 Å².